The summed E-state index contributed by atoms with van der Waals surface area (Å²) >= 11 is 0. The smallest absolute Gasteiger partial charge is 0.148 e. The lowest BCUT2D eigenvalue weighted by atomic mass is 9.94. The van der Waals surface area contributed by atoms with Gasteiger partial charge in [-0.05, 0) is 6.42 Å². The van der Waals surface area contributed by atoms with Crippen molar-refractivity contribution in [2.24, 2.45) is 5.84 Å². The Kier molecular flexibility index (Phi) is 4.52. The fourth-order valence-electron chi connectivity index (χ4n) is 2.20. The van der Waals surface area contributed by atoms with E-state index in [-0.39, 0.29) is 0 Å². The SMILES string of the molecule is CCc1c(NN)ncnc1NCC1(O)CCOCC1. The zero-order valence-electron chi connectivity index (χ0n) is 11.1. The number of hydrazine groups is 1. The van der Waals surface area contributed by atoms with Gasteiger partial charge in [0, 0.05) is 38.2 Å². The number of nitrogens with two attached hydrogens (primary N) is 1. The normalized spacial score (nSPS) is 18.1. The van der Waals surface area contributed by atoms with Gasteiger partial charge in [0.2, 0.25) is 0 Å². The van der Waals surface area contributed by atoms with E-state index in [9.17, 15) is 5.11 Å². The summed E-state index contributed by atoms with van der Waals surface area (Å²) in [4.78, 5) is 8.28. The second-order valence-corrected chi connectivity index (χ2v) is 4.74. The van der Waals surface area contributed by atoms with Crippen LogP contribution < -0.4 is 16.6 Å². The van der Waals surface area contributed by atoms with Crippen LogP contribution in [0.4, 0.5) is 11.6 Å². The minimum Gasteiger partial charge on any atom is -0.388 e. The van der Waals surface area contributed by atoms with Crippen molar-refractivity contribution in [3.05, 3.63) is 11.9 Å². The largest absolute Gasteiger partial charge is 0.388 e. The molecule has 7 nitrogen and oxygen atoms in total. The maximum absolute atomic E-state index is 10.4. The topological polar surface area (TPSA) is 105 Å². The highest BCUT2D eigenvalue weighted by Gasteiger charge is 2.29. The van der Waals surface area contributed by atoms with Gasteiger partial charge in [0.1, 0.15) is 18.0 Å². The number of hydrogen-bond donors (Lipinski definition) is 4. The number of aliphatic hydroxyl groups is 1. The van der Waals surface area contributed by atoms with Gasteiger partial charge >= 0.3 is 0 Å². The van der Waals surface area contributed by atoms with E-state index in [4.69, 9.17) is 10.6 Å². The van der Waals surface area contributed by atoms with E-state index >= 15 is 0 Å². The molecule has 0 aliphatic carbocycles. The van der Waals surface area contributed by atoms with Crippen molar-refractivity contribution in [1.29, 1.82) is 0 Å². The zero-order valence-corrected chi connectivity index (χ0v) is 11.1. The van der Waals surface area contributed by atoms with Gasteiger partial charge in [-0.2, -0.15) is 0 Å². The molecule has 0 unspecified atom stereocenters. The molecule has 1 aromatic rings. The van der Waals surface area contributed by atoms with Crippen molar-refractivity contribution in [1.82, 2.24) is 9.97 Å². The maximum atomic E-state index is 10.4. The monoisotopic (exact) mass is 267 g/mol. The van der Waals surface area contributed by atoms with Crippen molar-refractivity contribution >= 4 is 11.6 Å². The quantitative estimate of drug-likeness (QED) is 0.448. The summed E-state index contributed by atoms with van der Waals surface area (Å²) < 4.78 is 5.26. The zero-order chi connectivity index (χ0) is 13.7. The Bertz CT molecular complexity index is 421. The van der Waals surface area contributed by atoms with Crippen molar-refractivity contribution < 1.29 is 9.84 Å². The molecule has 106 valence electrons. The van der Waals surface area contributed by atoms with Gasteiger partial charge < -0.3 is 20.6 Å². The second-order valence-electron chi connectivity index (χ2n) is 4.74. The first-order valence-corrected chi connectivity index (χ1v) is 6.53. The van der Waals surface area contributed by atoms with Crippen LogP contribution in [0, 0.1) is 0 Å². The lowest BCUT2D eigenvalue weighted by Crippen LogP contribution is -2.42. The van der Waals surface area contributed by atoms with Crippen LogP contribution in [0.1, 0.15) is 25.3 Å². The number of rotatable bonds is 5. The molecule has 1 aromatic heterocycles. The van der Waals surface area contributed by atoms with Gasteiger partial charge in [0.05, 0.1) is 5.60 Å². The lowest BCUT2D eigenvalue weighted by molar-refractivity contribution is -0.0543. The van der Waals surface area contributed by atoms with Gasteiger partial charge in [0.25, 0.3) is 0 Å². The first kappa shape index (κ1) is 14.0. The highest BCUT2D eigenvalue weighted by Crippen LogP contribution is 2.23. The number of nitrogens with one attached hydrogen (secondary N) is 2. The summed E-state index contributed by atoms with van der Waals surface area (Å²) in [6, 6.07) is 0. The Morgan fingerprint density at radius 2 is 2.05 bits per heavy atom. The molecule has 0 bridgehead atoms. The fraction of sp³-hybridized carbons (Fsp3) is 0.667. The minimum absolute atomic E-state index is 0.449. The van der Waals surface area contributed by atoms with Crippen LogP contribution in [0.15, 0.2) is 6.33 Å². The average Bonchev–Trinajstić information content (AvgIpc) is 2.45. The molecule has 7 heteroatoms. The van der Waals surface area contributed by atoms with E-state index in [0.717, 1.165) is 12.0 Å². The summed E-state index contributed by atoms with van der Waals surface area (Å²) in [5.74, 6) is 6.75. The molecule has 1 fully saturated rings. The molecule has 1 saturated heterocycles. The Hall–Kier alpha value is -1.44. The van der Waals surface area contributed by atoms with Gasteiger partial charge in [-0.1, -0.05) is 6.92 Å². The van der Waals surface area contributed by atoms with Crippen molar-refractivity contribution in [2.45, 2.75) is 31.8 Å². The third-order valence-corrected chi connectivity index (χ3v) is 3.44. The first-order chi connectivity index (χ1) is 9.18. The van der Waals surface area contributed by atoms with Crippen LogP contribution in [0.25, 0.3) is 0 Å². The molecule has 0 aromatic carbocycles. The molecule has 1 aliphatic rings. The van der Waals surface area contributed by atoms with E-state index in [1.54, 1.807) is 0 Å². The van der Waals surface area contributed by atoms with E-state index in [1.807, 2.05) is 6.92 Å². The number of hydrogen-bond acceptors (Lipinski definition) is 7. The number of anilines is 2. The molecule has 2 heterocycles. The summed E-state index contributed by atoms with van der Waals surface area (Å²) in [5.41, 5.74) is 2.75. The van der Waals surface area contributed by atoms with Crippen molar-refractivity contribution in [2.75, 3.05) is 30.5 Å². The molecule has 0 radical (unpaired) electrons. The number of aromatic nitrogens is 2. The summed E-state index contributed by atoms with van der Waals surface area (Å²) in [6.45, 7) is 3.65. The number of nitrogens with zero attached hydrogens (tertiary/aromatic N) is 2. The van der Waals surface area contributed by atoms with Gasteiger partial charge in [0.15, 0.2) is 0 Å². The van der Waals surface area contributed by atoms with E-state index in [1.165, 1.54) is 6.33 Å². The standard InChI is InChI=1S/C12H21N5O2/c1-2-9-10(15-8-16-11(9)17-13)14-7-12(18)3-5-19-6-4-12/h8,18H,2-7,13H2,1H3,(H2,14,15,16,17). The Morgan fingerprint density at radius 1 is 1.37 bits per heavy atom. The molecule has 0 atom stereocenters. The van der Waals surface area contributed by atoms with Gasteiger partial charge in [-0.15, -0.1) is 0 Å². The highest BCUT2D eigenvalue weighted by atomic mass is 16.5. The molecule has 2 rings (SSSR count). The summed E-state index contributed by atoms with van der Waals surface area (Å²) in [6.07, 6.45) is 3.47. The number of ether oxygens (including phenoxy) is 1. The van der Waals surface area contributed by atoms with Crippen LogP contribution in [-0.4, -0.2) is 40.4 Å². The van der Waals surface area contributed by atoms with Crippen molar-refractivity contribution in [3.8, 4) is 0 Å². The van der Waals surface area contributed by atoms with Crippen LogP contribution in [0.2, 0.25) is 0 Å². The first-order valence-electron chi connectivity index (χ1n) is 6.53. The minimum atomic E-state index is -0.732. The lowest BCUT2D eigenvalue weighted by Gasteiger charge is -2.32. The Labute approximate surface area is 112 Å². The van der Waals surface area contributed by atoms with Gasteiger partial charge in [-0.3, -0.25) is 0 Å². The molecule has 19 heavy (non-hydrogen) atoms. The van der Waals surface area contributed by atoms with Crippen LogP contribution >= 0.6 is 0 Å². The Morgan fingerprint density at radius 3 is 2.68 bits per heavy atom. The molecule has 1 aliphatic heterocycles. The van der Waals surface area contributed by atoms with E-state index in [2.05, 4.69) is 20.7 Å². The van der Waals surface area contributed by atoms with Gasteiger partial charge in [-0.25, -0.2) is 15.8 Å². The van der Waals surface area contributed by atoms with Crippen LogP contribution in [0.3, 0.4) is 0 Å². The third kappa shape index (κ3) is 3.31. The molecule has 5 N–H and O–H groups in total. The number of nitrogen functional groups attached to an aromatic ring is 1. The maximum Gasteiger partial charge on any atom is 0.148 e. The molecular weight excluding hydrogens is 246 g/mol. The second kappa shape index (κ2) is 6.14. The predicted molar refractivity (Wildman–Crippen MR) is 72.7 cm³/mol. The van der Waals surface area contributed by atoms with Crippen molar-refractivity contribution in [3.63, 3.8) is 0 Å². The molecule has 0 spiro atoms. The van der Waals surface area contributed by atoms with E-state index in [0.29, 0.717) is 44.2 Å². The van der Waals surface area contributed by atoms with Crippen LogP contribution in [-0.2, 0) is 11.2 Å². The highest BCUT2D eigenvalue weighted by molar-refractivity contribution is 5.56. The molecule has 0 saturated carbocycles. The summed E-state index contributed by atoms with van der Waals surface area (Å²) in [5, 5.41) is 13.6. The average molecular weight is 267 g/mol. The Balaban J connectivity index is 2.06. The molecular formula is C12H21N5O2. The predicted octanol–water partition coefficient (Wildman–Crippen LogP) is 0.278. The third-order valence-electron chi connectivity index (χ3n) is 3.44. The summed E-state index contributed by atoms with van der Waals surface area (Å²) in [7, 11) is 0. The fourth-order valence-corrected chi connectivity index (χ4v) is 2.20. The van der Waals surface area contributed by atoms with E-state index < -0.39 is 5.60 Å². The molecule has 0 amide bonds. The van der Waals surface area contributed by atoms with Crippen LogP contribution in [0.5, 0.6) is 0 Å².